The van der Waals surface area contributed by atoms with Crippen LogP contribution >= 0.6 is 11.8 Å². The second kappa shape index (κ2) is 3.65. The molecule has 0 aromatic heterocycles. The zero-order valence-electron chi connectivity index (χ0n) is 9.64. The van der Waals surface area contributed by atoms with Gasteiger partial charge in [0.15, 0.2) is 0 Å². The van der Waals surface area contributed by atoms with Gasteiger partial charge in [-0.3, -0.25) is 0 Å². The topological polar surface area (TPSA) is 26.0 Å². The predicted octanol–water partition coefficient (Wildman–Crippen LogP) is 3.88. The molecule has 0 radical (unpaired) electrons. The molecule has 0 amide bonds. The fourth-order valence-corrected chi connectivity index (χ4v) is 2.72. The van der Waals surface area contributed by atoms with Gasteiger partial charge < -0.3 is 5.73 Å². The average Bonchev–Trinajstić information content (AvgIpc) is 2.65. The minimum absolute atomic E-state index is 0.0332. The molecule has 1 nitrogen and oxygen atoms in total. The lowest BCUT2D eigenvalue weighted by atomic mass is 9.97. The smallest absolute Gasteiger partial charge is 0.321 e. The lowest BCUT2D eigenvalue weighted by molar-refractivity contribution is -0.0328. The minimum atomic E-state index is -4.25. The van der Waals surface area contributed by atoms with Gasteiger partial charge >= 0.3 is 5.51 Å². The molecule has 94 valence electrons. The number of alkyl halides is 3. The van der Waals surface area contributed by atoms with Gasteiger partial charge in [-0.2, -0.15) is 13.2 Å². The van der Waals surface area contributed by atoms with Crippen LogP contribution in [-0.4, -0.2) is 5.51 Å². The summed E-state index contributed by atoms with van der Waals surface area (Å²) in [6, 6.07) is 6.44. The molecule has 0 spiro atoms. The van der Waals surface area contributed by atoms with Crippen LogP contribution in [0.15, 0.2) is 29.2 Å². The van der Waals surface area contributed by atoms with Crippen LogP contribution in [0.2, 0.25) is 0 Å². The summed E-state index contributed by atoms with van der Waals surface area (Å²) in [5, 5.41) is 0. The number of hydrogen-bond donors (Lipinski definition) is 1. The maximum Gasteiger partial charge on any atom is 0.446 e. The number of rotatable bonds is 2. The van der Waals surface area contributed by atoms with E-state index >= 15 is 0 Å². The second-order valence-corrected chi connectivity index (χ2v) is 6.25. The summed E-state index contributed by atoms with van der Waals surface area (Å²) >= 11 is -0.0966. The molecule has 0 aliphatic heterocycles. The van der Waals surface area contributed by atoms with Crippen molar-refractivity contribution in [2.75, 3.05) is 0 Å². The molecule has 5 heteroatoms. The molecular formula is C12H14F3NS. The normalized spacial score (nSPS) is 26.9. The van der Waals surface area contributed by atoms with Crippen molar-refractivity contribution >= 4 is 11.8 Å². The second-order valence-electron chi connectivity index (χ2n) is 5.11. The molecule has 0 heterocycles. The van der Waals surface area contributed by atoms with Crippen molar-refractivity contribution in [3.63, 3.8) is 0 Å². The van der Waals surface area contributed by atoms with Gasteiger partial charge in [-0.25, -0.2) is 0 Å². The van der Waals surface area contributed by atoms with Crippen LogP contribution in [-0.2, 0) is 5.54 Å². The number of benzene rings is 1. The quantitative estimate of drug-likeness (QED) is 0.817. The van der Waals surface area contributed by atoms with Gasteiger partial charge in [-0.05, 0) is 41.3 Å². The number of nitrogens with two attached hydrogens (primary N) is 1. The first-order valence-electron chi connectivity index (χ1n) is 5.29. The van der Waals surface area contributed by atoms with Crippen molar-refractivity contribution in [1.29, 1.82) is 0 Å². The minimum Gasteiger partial charge on any atom is -0.321 e. The molecule has 1 fully saturated rings. The summed E-state index contributed by atoms with van der Waals surface area (Å²) in [5.41, 5.74) is 2.22. The van der Waals surface area contributed by atoms with Crippen LogP contribution in [0.25, 0.3) is 0 Å². The van der Waals surface area contributed by atoms with Gasteiger partial charge in [0.2, 0.25) is 0 Å². The van der Waals surface area contributed by atoms with Gasteiger partial charge in [-0.15, -0.1) is 0 Å². The maximum atomic E-state index is 12.3. The van der Waals surface area contributed by atoms with E-state index in [0.717, 1.165) is 12.0 Å². The standard InChI is InChI=1S/C12H14F3NS/c1-10(2)7-11(10,16)8-4-3-5-9(6-8)17-12(13,14)15/h3-6H,7,16H2,1-2H3. The van der Waals surface area contributed by atoms with Crippen molar-refractivity contribution in [3.8, 4) is 0 Å². The van der Waals surface area contributed by atoms with E-state index in [9.17, 15) is 13.2 Å². The third kappa shape index (κ3) is 2.45. The van der Waals surface area contributed by atoms with Crippen molar-refractivity contribution < 1.29 is 13.2 Å². The van der Waals surface area contributed by atoms with Crippen LogP contribution < -0.4 is 5.73 Å². The molecule has 1 aliphatic rings. The van der Waals surface area contributed by atoms with Gasteiger partial charge in [0.05, 0.1) is 0 Å². The van der Waals surface area contributed by atoms with E-state index < -0.39 is 11.0 Å². The molecule has 1 aromatic rings. The molecule has 2 N–H and O–H groups in total. The third-order valence-corrected chi connectivity index (χ3v) is 4.11. The van der Waals surface area contributed by atoms with E-state index in [-0.39, 0.29) is 22.1 Å². The van der Waals surface area contributed by atoms with Gasteiger partial charge in [0.1, 0.15) is 0 Å². The highest BCUT2D eigenvalue weighted by atomic mass is 32.2. The summed E-state index contributed by atoms with van der Waals surface area (Å²) in [7, 11) is 0. The van der Waals surface area contributed by atoms with E-state index in [1.165, 1.54) is 6.07 Å². The van der Waals surface area contributed by atoms with Crippen LogP contribution in [0.4, 0.5) is 13.2 Å². The Morgan fingerprint density at radius 2 is 1.88 bits per heavy atom. The van der Waals surface area contributed by atoms with Gasteiger partial charge in [0, 0.05) is 10.4 Å². The molecular weight excluding hydrogens is 247 g/mol. The third-order valence-electron chi connectivity index (χ3n) is 3.39. The Bertz CT molecular complexity index is 442. The first kappa shape index (κ1) is 12.8. The lowest BCUT2D eigenvalue weighted by Gasteiger charge is -2.16. The van der Waals surface area contributed by atoms with E-state index in [2.05, 4.69) is 0 Å². The Labute approximate surface area is 103 Å². The number of halogens is 3. The van der Waals surface area contributed by atoms with E-state index in [1.807, 2.05) is 13.8 Å². The zero-order chi connectivity index (χ0) is 12.9. The first-order valence-corrected chi connectivity index (χ1v) is 6.11. The zero-order valence-corrected chi connectivity index (χ0v) is 10.5. The predicted molar refractivity (Wildman–Crippen MR) is 62.6 cm³/mol. The number of hydrogen-bond acceptors (Lipinski definition) is 2. The highest BCUT2D eigenvalue weighted by Gasteiger charge is 2.59. The van der Waals surface area contributed by atoms with Crippen LogP contribution in [0, 0.1) is 5.41 Å². The lowest BCUT2D eigenvalue weighted by Crippen LogP contribution is -2.25. The summed E-state index contributed by atoms with van der Waals surface area (Å²) in [6.07, 6.45) is 0.806. The monoisotopic (exact) mass is 261 g/mol. The summed E-state index contributed by atoms with van der Waals surface area (Å²) < 4.78 is 36.8. The SMILES string of the molecule is CC1(C)CC1(N)c1cccc(SC(F)(F)F)c1. The summed E-state index contributed by atoms with van der Waals surface area (Å²) in [5.74, 6) is 0. The van der Waals surface area contributed by atoms with Crippen molar-refractivity contribution in [2.45, 2.75) is 36.2 Å². The molecule has 1 aromatic carbocycles. The molecule has 1 saturated carbocycles. The number of thioether (sulfide) groups is 1. The van der Waals surface area contributed by atoms with E-state index in [4.69, 9.17) is 5.73 Å². The molecule has 1 unspecified atom stereocenters. The Balaban J connectivity index is 2.25. The van der Waals surface area contributed by atoms with E-state index in [0.29, 0.717) is 0 Å². The fraction of sp³-hybridized carbons (Fsp3) is 0.500. The Morgan fingerprint density at radius 1 is 1.29 bits per heavy atom. The van der Waals surface area contributed by atoms with Crippen LogP contribution in [0.1, 0.15) is 25.8 Å². The Morgan fingerprint density at radius 3 is 2.35 bits per heavy atom. The summed E-state index contributed by atoms with van der Waals surface area (Å²) in [6.45, 7) is 4.05. The highest BCUT2D eigenvalue weighted by Crippen LogP contribution is 2.60. The highest BCUT2D eigenvalue weighted by molar-refractivity contribution is 8.00. The molecule has 2 rings (SSSR count). The van der Waals surface area contributed by atoms with Crippen LogP contribution in [0.3, 0.4) is 0 Å². The van der Waals surface area contributed by atoms with Gasteiger partial charge in [0.25, 0.3) is 0 Å². The van der Waals surface area contributed by atoms with Crippen molar-refractivity contribution in [3.05, 3.63) is 29.8 Å². The van der Waals surface area contributed by atoms with Crippen molar-refractivity contribution in [1.82, 2.24) is 0 Å². The van der Waals surface area contributed by atoms with Crippen molar-refractivity contribution in [2.24, 2.45) is 11.1 Å². The summed E-state index contributed by atoms with van der Waals surface area (Å²) in [4.78, 5) is 0.197. The Kier molecular flexibility index (Phi) is 2.74. The largest absolute Gasteiger partial charge is 0.446 e. The van der Waals surface area contributed by atoms with E-state index in [1.54, 1.807) is 18.2 Å². The van der Waals surface area contributed by atoms with Crippen LogP contribution in [0.5, 0.6) is 0 Å². The molecule has 1 atom stereocenters. The molecule has 17 heavy (non-hydrogen) atoms. The Hall–Kier alpha value is -0.680. The fourth-order valence-electron chi connectivity index (χ4n) is 2.12. The van der Waals surface area contributed by atoms with Gasteiger partial charge in [-0.1, -0.05) is 26.0 Å². The molecule has 0 saturated heterocycles. The molecule has 0 bridgehead atoms. The molecule has 1 aliphatic carbocycles. The average molecular weight is 261 g/mol. The first-order chi connectivity index (χ1) is 7.64. The maximum absolute atomic E-state index is 12.3.